The second kappa shape index (κ2) is 14.7. The first kappa shape index (κ1) is 35.6. The highest BCUT2D eigenvalue weighted by Crippen LogP contribution is 2.38. The molecule has 0 amide bonds. The number of ether oxygens (including phenoxy) is 2. The molecule has 0 heterocycles. The molecule has 10 heteroatoms. The Hall–Kier alpha value is -3.57. The maximum atomic E-state index is 13.2. The molecule has 2 atom stereocenters. The number of hydrogen-bond acceptors (Lipinski definition) is 9. The first-order valence-electron chi connectivity index (χ1n) is 13.9. The molecule has 0 aliphatic heterocycles. The molecule has 0 aliphatic rings. The number of esters is 2. The summed E-state index contributed by atoms with van der Waals surface area (Å²) >= 11 is 0. The van der Waals surface area contributed by atoms with Gasteiger partial charge in [0.05, 0.1) is 17.4 Å². The van der Waals surface area contributed by atoms with Gasteiger partial charge in [0.25, 0.3) is 10.1 Å². The van der Waals surface area contributed by atoms with Crippen molar-refractivity contribution in [2.24, 2.45) is 11.1 Å². The van der Waals surface area contributed by atoms with Crippen molar-refractivity contribution < 1.29 is 36.8 Å². The zero-order valence-corrected chi connectivity index (χ0v) is 27.2. The highest BCUT2D eigenvalue weighted by atomic mass is 32.2. The minimum Gasteiger partial charge on any atom is -0.419 e. The molecule has 0 aromatic heterocycles. The lowest BCUT2D eigenvalue weighted by atomic mass is 9.82. The van der Waals surface area contributed by atoms with Gasteiger partial charge in [-0.25, -0.2) is 9.59 Å². The molecular weight excluding hydrogens is 570 g/mol. The molecule has 0 bridgehead atoms. The second-order valence-electron chi connectivity index (χ2n) is 11.5. The van der Waals surface area contributed by atoms with Crippen LogP contribution in [0, 0.1) is 33.1 Å². The van der Waals surface area contributed by atoms with Crippen LogP contribution in [0.1, 0.15) is 82.3 Å². The molecule has 3 rings (SSSR count). The molecule has 43 heavy (non-hydrogen) atoms. The molecule has 3 aromatic rings. The standard InChI is InChI=1S/C31H37NO7S.C2H6O/c1-18-9-11-23(15-20(18)3)29(33)37-25-14-13-22(27(39-40(8,35)36)28(32)31(5,6)7)17-26(25)38-30(34)24-12-10-19(2)21(4)16-24;1-2-3/h9-17,27-28H,32H2,1-8H3;3H,2H2,1H3. The fraction of sp³-hybridized carbons (Fsp3) is 0.394. The topological polar surface area (TPSA) is 142 Å². The van der Waals surface area contributed by atoms with Gasteiger partial charge in [-0.3, -0.25) is 4.18 Å². The number of aliphatic hydroxyl groups excluding tert-OH is 1. The molecule has 0 saturated carbocycles. The van der Waals surface area contributed by atoms with Crippen molar-refractivity contribution in [3.63, 3.8) is 0 Å². The first-order chi connectivity index (χ1) is 19.9. The molecule has 3 aromatic carbocycles. The van der Waals surface area contributed by atoms with Crippen molar-refractivity contribution in [2.75, 3.05) is 12.9 Å². The summed E-state index contributed by atoms with van der Waals surface area (Å²) in [5.74, 6) is -1.42. The molecule has 0 saturated heterocycles. The molecule has 234 valence electrons. The summed E-state index contributed by atoms with van der Waals surface area (Å²) in [4.78, 5) is 26.2. The van der Waals surface area contributed by atoms with E-state index >= 15 is 0 Å². The molecule has 0 radical (unpaired) electrons. The monoisotopic (exact) mass is 613 g/mol. The second-order valence-corrected chi connectivity index (χ2v) is 13.1. The third kappa shape index (κ3) is 10.3. The summed E-state index contributed by atoms with van der Waals surface area (Å²) in [5, 5.41) is 7.57. The maximum absolute atomic E-state index is 13.2. The van der Waals surface area contributed by atoms with Gasteiger partial charge < -0.3 is 20.3 Å². The highest BCUT2D eigenvalue weighted by molar-refractivity contribution is 7.86. The van der Waals surface area contributed by atoms with E-state index in [0.29, 0.717) is 16.7 Å². The smallest absolute Gasteiger partial charge is 0.343 e. The Bertz CT molecular complexity index is 1560. The van der Waals surface area contributed by atoms with Gasteiger partial charge in [0.2, 0.25) is 0 Å². The maximum Gasteiger partial charge on any atom is 0.343 e. The lowest BCUT2D eigenvalue weighted by Crippen LogP contribution is -2.42. The van der Waals surface area contributed by atoms with Crippen molar-refractivity contribution in [3.05, 3.63) is 93.5 Å². The third-order valence-corrected chi connectivity index (χ3v) is 7.35. The van der Waals surface area contributed by atoms with Gasteiger partial charge in [-0.1, -0.05) is 39.0 Å². The predicted molar refractivity (Wildman–Crippen MR) is 167 cm³/mol. The molecule has 0 spiro atoms. The van der Waals surface area contributed by atoms with Gasteiger partial charge in [-0.05, 0) is 104 Å². The fourth-order valence-corrected chi connectivity index (χ4v) is 4.49. The van der Waals surface area contributed by atoms with E-state index in [4.69, 9.17) is 24.5 Å². The van der Waals surface area contributed by atoms with E-state index in [1.165, 1.54) is 18.2 Å². The number of carbonyl (C=O) groups excluding carboxylic acids is 2. The van der Waals surface area contributed by atoms with Crippen LogP contribution < -0.4 is 15.2 Å². The highest BCUT2D eigenvalue weighted by Gasteiger charge is 2.34. The zero-order valence-electron chi connectivity index (χ0n) is 26.3. The number of benzene rings is 3. The summed E-state index contributed by atoms with van der Waals surface area (Å²) in [7, 11) is -3.91. The van der Waals surface area contributed by atoms with Crippen LogP contribution in [0.5, 0.6) is 11.5 Å². The average molecular weight is 614 g/mol. The Kier molecular flexibility index (Phi) is 12.2. The van der Waals surface area contributed by atoms with E-state index in [9.17, 15) is 18.0 Å². The van der Waals surface area contributed by atoms with Crippen LogP contribution in [0.3, 0.4) is 0 Å². The largest absolute Gasteiger partial charge is 0.419 e. The van der Waals surface area contributed by atoms with Crippen molar-refractivity contribution in [1.29, 1.82) is 0 Å². The number of aliphatic hydroxyl groups is 1. The summed E-state index contributed by atoms with van der Waals surface area (Å²) in [6.07, 6.45) is -0.158. The average Bonchev–Trinajstić information content (AvgIpc) is 2.90. The van der Waals surface area contributed by atoms with Crippen molar-refractivity contribution in [1.82, 2.24) is 0 Å². The van der Waals surface area contributed by atoms with Crippen LogP contribution in [0.25, 0.3) is 0 Å². The minimum absolute atomic E-state index is 0.0217. The SMILES string of the molecule is CCO.Cc1ccc(C(=O)Oc2ccc(C(OS(C)(=O)=O)C(N)C(C)(C)C)cc2OC(=O)c2ccc(C)c(C)c2)cc1C. The molecule has 0 fully saturated rings. The number of nitrogens with two attached hydrogens (primary N) is 1. The van der Waals surface area contributed by atoms with Crippen LogP contribution in [0.4, 0.5) is 0 Å². The van der Waals surface area contributed by atoms with Crippen molar-refractivity contribution in [3.8, 4) is 11.5 Å². The number of rotatable bonds is 8. The summed E-state index contributed by atoms with van der Waals surface area (Å²) in [6.45, 7) is 15.1. The molecule has 3 N–H and O–H groups in total. The van der Waals surface area contributed by atoms with E-state index in [-0.39, 0.29) is 18.1 Å². The number of hydrogen-bond donors (Lipinski definition) is 2. The Balaban J connectivity index is 0.00000206. The van der Waals surface area contributed by atoms with E-state index < -0.39 is 39.6 Å². The van der Waals surface area contributed by atoms with Crippen LogP contribution in [0.15, 0.2) is 54.6 Å². The Morgan fingerprint density at radius 2 is 1.23 bits per heavy atom. The van der Waals surface area contributed by atoms with Gasteiger partial charge in [-0.2, -0.15) is 8.42 Å². The molecular formula is C33H43NO8S. The predicted octanol–water partition coefficient (Wildman–Crippen LogP) is 5.75. The van der Waals surface area contributed by atoms with Gasteiger partial charge in [0, 0.05) is 12.6 Å². The van der Waals surface area contributed by atoms with Crippen molar-refractivity contribution in [2.45, 2.75) is 67.5 Å². The van der Waals surface area contributed by atoms with Crippen molar-refractivity contribution >= 4 is 22.1 Å². The van der Waals surface area contributed by atoms with Gasteiger partial charge in [0.1, 0.15) is 6.10 Å². The lowest BCUT2D eigenvalue weighted by Gasteiger charge is -2.33. The van der Waals surface area contributed by atoms with Crippen LogP contribution >= 0.6 is 0 Å². The Labute approximate surface area is 255 Å². The normalized spacial score (nSPS) is 12.9. The minimum atomic E-state index is -3.91. The number of aryl methyl sites for hydroxylation is 4. The van der Waals surface area contributed by atoms with Gasteiger partial charge in [0.15, 0.2) is 11.5 Å². The van der Waals surface area contributed by atoms with Crippen LogP contribution in [0.2, 0.25) is 0 Å². The Morgan fingerprint density at radius 1 is 0.791 bits per heavy atom. The molecule has 0 aliphatic carbocycles. The summed E-state index contributed by atoms with van der Waals surface area (Å²) in [6, 6.07) is 14.0. The molecule has 9 nitrogen and oxygen atoms in total. The van der Waals surface area contributed by atoms with Crippen LogP contribution in [-0.2, 0) is 14.3 Å². The van der Waals surface area contributed by atoms with E-state index in [2.05, 4.69) is 0 Å². The lowest BCUT2D eigenvalue weighted by molar-refractivity contribution is 0.0681. The van der Waals surface area contributed by atoms with E-state index in [1.54, 1.807) is 37.3 Å². The fourth-order valence-electron chi connectivity index (χ4n) is 3.89. The number of carbonyl (C=O) groups is 2. The molecule has 2 unspecified atom stereocenters. The quantitative estimate of drug-likeness (QED) is 0.184. The van der Waals surface area contributed by atoms with Crippen LogP contribution in [-0.4, -0.2) is 44.4 Å². The Morgan fingerprint density at radius 3 is 1.63 bits per heavy atom. The van der Waals surface area contributed by atoms with Gasteiger partial charge in [-0.15, -0.1) is 0 Å². The van der Waals surface area contributed by atoms with E-state index in [1.807, 2.05) is 54.5 Å². The first-order valence-corrected chi connectivity index (χ1v) is 15.7. The third-order valence-electron chi connectivity index (χ3n) is 6.79. The van der Waals surface area contributed by atoms with Gasteiger partial charge >= 0.3 is 11.9 Å². The summed E-state index contributed by atoms with van der Waals surface area (Å²) < 4.78 is 41.1. The zero-order chi connectivity index (χ0) is 32.7. The van der Waals surface area contributed by atoms with E-state index in [0.717, 1.165) is 28.5 Å². The summed E-state index contributed by atoms with van der Waals surface area (Å²) in [5.41, 5.74) is 10.7.